The number of carbonyl (C=O) groups excluding carboxylic acids is 3. The van der Waals surface area contributed by atoms with E-state index in [2.05, 4.69) is 5.16 Å². The lowest BCUT2D eigenvalue weighted by molar-refractivity contribution is -0.126. The second-order valence-corrected chi connectivity index (χ2v) is 6.14. The van der Waals surface area contributed by atoms with Crippen LogP contribution in [0.3, 0.4) is 0 Å². The first-order valence-corrected chi connectivity index (χ1v) is 7.68. The minimum atomic E-state index is -0.218. The largest absolute Gasteiger partial charge is 0.361 e. The zero-order chi connectivity index (χ0) is 15.1. The molecule has 112 valence electrons. The Labute approximate surface area is 125 Å². The molecule has 0 aliphatic carbocycles. The van der Waals surface area contributed by atoms with Gasteiger partial charge in [0.2, 0.25) is 5.91 Å². The van der Waals surface area contributed by atoms with E-state index in [-0.39, 0.29) is 28.8 Å². The number of thioether (sulfide) groups is 1. The van der Waals surface area contributed by atoms with Gasteiger partial charge in [0.1, 0.15) is 11.3 Å². The van der Waals surface area contributed by atoms with Crippen molar-refractivity contribution in [2.75, 3.05) is 18.8 Å². The van der Waals surface area contributed by atoms with E-state index in [1.54, 1.807) is 18.7 Å². The molecule has 1 unspecified atom stereocenters. The van der Waals surface area contributed by atoms with Crippen molar-refractivity contribution in [3.63, 3.8) is 0 Å². The van der Waals surface area contributed by atoms with Crippen molar-refractivity contribution in [1.29, 1.82) is 0 Å². The molecular weight excluding hydrogens is 294 g/mol. The van der Waals surface area contributed by atoms with E-state index in [9.17, 15) is 14.4 Å². The minimum Gasteiger partial charge on any atom is -0.361 e. The minimum absolute atomic E-state index is 0.152. The summed E-state index contributed by atoms with van der Waals surface area (Å²) in [6, 6.07) is -0.218. The van der Waals surface area contributed by atoms with Gasteiger partial charge in [-0.05, 0) is 20.3 Å². The number of amides is 3. The predicted octanol–water partition coefficient (Wildman–Crippen LogP) is 1.20. The summed E-state index contributed by atoms with van der Waals surface area (Å²) in [4.78, 5) is 38.9. The second-order valence-electron chi connectivity index (χ2n) is 5.21. The van der Waals surface area contributed by atoms with Gasteiger partial charge >= 0.3 is 0 Å². The van der Waals surface area contributed by atoms with Crippen molar-refractivity contribution in [1.82, 2.24) is 15.0 Å². The van der Waals surface area contributed by atoms with E-state index in [1.807, 2.05) is 0 Å². The molecule has 2 aliphatic heterocycles. The van der Waals surface area contributed by atoms with E-state index in [0.717, 1.165) is 11.8 Å². The summed E-state index contributed by atoms with van der Waals surface area (Å²) < 4.78 is 5.02. The molecule has 7 nitrogen and oxygen atoms in total. The van der Waals surface area contributed by atoms with E-state index < -0.39 is 0 Å². The Morgan fingerprint density at radius 2 is 2.14 bits per heavy atom. The second kappa shape index (κ2) is 5.18. The monoisotopic (exact) mass is 309 g/mol. The Balaban J connectivity index is 1.74. The number of aromatic nitrogens is 1. The average Bonchev–Trinajstić information content (AvgIpc) is 3.11. The van der Waals surface area contributed by atoms with Gasteiger partial charge in [-0.25, -0.2) is 0 Å². The number of aryl methyl sites for hydroxylation is 2. The molecule has 3 rings (SSSR count). The summed E-state index contributed by atoms with van der Waals surface area (Å²) in [5.41, 5.74) is 1.04. The molecule has 2 saturated heterocycles. The third kappa shape index (κ3) is 2.33. The van der Waals surface area contributed by atoms with Crippen LogP contribution in [0.2, 0.25) is 0 Å². The molecule has 8 heteroatoms. The van der Waals surface area contributed by atoms with Crippen molar-refractivity contribution in [3.8, 4) is 0 Å². The van der Waals surface area contributed by atoms with E-state index in [1.165, 1.54) is 4.90 Å². The molecule has 0 N–H and O–H groups in total. The molecule has 21 heavy (non-hydrogen) atoms. The lowest BCUT2D eigenvalue weighted by atomic mass is 10.2. The summed E-state index contributed by atoms with van der Waals surface area (Å²) in [6.45, 7) is 4.32. The van der Waals surface area contributed by atoms with Crippen LogP contribution in [0.25, 0.3) is 0 Å². The Bertz CT molecular complexity index is 591. The molecule has 1 atom stereocenters. The van der Waals surface area contributed by atoms with Crippen LogP contribution < -0.4 is 0 Å². The van der Waals surface area contributed by atoms with Crippen molar-refractivity contribution >= 4 is 28.8 Å². The SMILES string of the molecule is Cc1noc(C)c1C(=O)N1CCC(N2C(=O)CSC2=O)C1. The molecule has 0 aromatic carbocycles. The summed E-state index contributed by atoms with van der Waals surface area (Å²) in [6.07, 6.45) is 0.618. The number of likely N-dealkylation sites (tertiary alicyclic amines) is 1. The van der Waals surface area contributed by atoms with Gasteiger partial charge in [0.15, 0.2) is 0 Å². The molecule has 1 aromatic rings. The smallest absolute Gasteiger partial charge is 0.289 e. The summed E-state index contributed by atoms with van der Waals surface area (Å²) in [5, 5.41) is 3.57. The molecule has 3 amide bonds. The fraction of sp³-hybridized carbons (Fsp3) is 0.538. The molecule has 0 radical (unpaired) electrons. The first-order valence-electron chi connectivity index (χ1n) is 6.70. The van der Waals surface area contributed by atoms with Crippen LogP contribution in [0.4, 0.5) is 4.79 Å². The van der Waals surface area contributed by atoms with Crippen molar-refractivity contribution in [2.24, 2.45) is 0 Å². The number of hydrogen-bond acceptors (Lipinski definition) is 6. The fourth-order valence-electron chi connectivity index (χ4n) is 2.80. The van der Waals surface area contributed by atoms with E-state index >= 15 is 0 Å². The molecule has 0 bridgehead atoms. The molecular formula is C13H15N3O4S. The van der Waals surface area contributed by atoms with Crippen LogP contribution in [-0.2, 0) is 4.79 Å². The topological polar surface area (TPSA) is 83.7 Å². The highest BCUT2D eigenvalue weighted by molar-refractivity contribution is 8.14. The normalized spacial score (nSPS) is 22.5. The zero-order valence-corrected chi connectivity index (χ0v) is 12.6. The average molecular weight is 309 g/mol. The van der Waals surface area contributed by atoms with Crippen LogP contribution in [0.15, 0.2) is 4.52 Å². The Kier molecular flexibility index (Phi) is 3.48. The standard InChI is InChI=1S/C13H15N3O4S/c1-7-11(8(2)20-14-7)12(18)15-4-3-9(5-15)16-10(17)6-21-13(16)19/h9H,3-6H2,1-2H3. The summed E-state index contributed by atoms with van der Waals surface area (Å²) in [5.74, 6) is 0.375. The van der Waals surface area contributed by atoms with Gasteiger partial charge in [0.05, 0.1) is 17.5 Å². The maximum atomic E-state index is 12.5. The number of nitrogens with zero attached hydrogens (tertiary/aromatic N) is 3. The lowest BCUT2D eigenvalue weighted by Gasteiger charge is -2.21. The number of carbonyl (C=O) groups is 3. The highest BCUT2D eigenvalue weighted by Gasteiger charge is 2.40. The molecule has 0 saturated carbocycles. The van der Waals surface area contributed by atoms with Gasteiger partial charge in [0, 0.05) is 13.1 Å². The Hall–Kier alpha value is -1.83. The highest BCUT2D eigenvalue weighted by atomic mass is 32.2. The molecule has 0 spiro atoms. The Morgan fingerprint density at radius 1 is 1.38 bits per heavy atom. The van der Waals surface area contributed by atoms with Crippen molar-refractivity contribution in [2.45, 2.75) is 26.3 Å². The third-order valence-electron chi connectivity index (χ3n) is 3.85. The lowest BCUT2D eigenvalue weighted by Crippen LogP contribution is -2.41. The molecule has 2 aliphatic rings. The van der Waals surface area contributed by atoms with Gasteiger partial charge in [-0.1, -0.05) is 16.9 Å². The molecule has 1 aromatic heterocycles. The molecule has 2 fully saturated rings. The third-order valence-corrected chi connectivity index (χ3v) is 4.68. The van der Waals surface area contributed by atoms with Gasteiger partial charge in [-0.2, -0.15) is 0 Å². The fourth-order valence-corrected chi connectivity index (χ4v) is 3.58. The van der Waals surface area contributed by atoms with Crippen LogP contribution in [0.1, 0.15) is 28.2 Å². The summed E-state index contributed by atoms with van der Waals surface area (Å²) >= 11 is 1.02. The first-order chi connectivity index (χ1) is 9.99. The van der Waals surface area contributed by atoms with Gasteiger partial charge < -0.3 is 9.42 Å². The highest BCUT2D eigenvalue weighted by Crippen LogP contribution is 2.27. The molecule has 3 heterocycles. The maximum Gasteiger partial charge on any atom is 0.289 e. The predicted molar refractivity (Wildman–Crippen MR) is 75.0 cm³/mol. The van der Waals surface area contributed by atoms with Gasteiger partial charge in [-0.15, -0.1) is 0 Å². The van der Waals surface area contributed by atoms with E-state index in [4.69, 9.17) is 4.52 Å². The van der Waals surface area contributed by atoms with Crippen LogP contribution in [0, 0.1) is 13.8 Å². The zero-order valence-electron chi connectivity index (χ0n) is 11.8. The number of hydrogen-bond donors (Lipinski definition) is 0. The van der Waals surface area contributed by atoms with Crippen LogP contribution in [-0.4, -0.2) is 56.9 Å². The summed E-state index contributed by atoms with van der Waals surface area (Å²) in [7, 11) is 0. The van der Waals surface area contributed by atoms with Crippen molar-refractivity contribution < 1.29 is 18.9 Å². The maximum absolute atomic E-state index is 12.5. The van der Waals surface area contributed by atoms with E-state index in [0.29, 0.717) is 36.5 Å². The van der Waals surface area contributed by atoms with Crippen molar-refractivity contribution in [3.05, 3.63) is 17.0 Å². The first kappa shape index (κ1) is 14.1. The quantitative estimate of drug-likeness (QED) is 0.816. The van der Waals surface area contributed by atoms with Gasteiger partial charge in [-0.3, -0.25) is 19.3 Å². The number of rotatable bonds is 2. The van der Waals surface area contributed by atoms with Crippen LogP contribution >= 0.6 is 11.8 Å². The van der Waals surface area contributed by atoms with Gasteiger partial charge in [0.25, 0.3) is 11.1 Å². The Morgan fingerprint density at radius 3 is 2.71 bits per heavy atom. The van der Waals surface area contributed by atoms with Crippen LogP contribution in [0.5, 0.6) is 0 Å². The number of imide groups is 1.